The van der Waals surface area contributed by atoms with E-state index in [0.717, 1.165) is 0 Å². The Bertz CT molecular complexity index is 131. The average Bonchev–Trinajstić information content (AvgIpc) is 2.15. The third kappa shape index (κ3) is 1.76. The molecule has 0 N–H and O–H groups in total. The van der Waals surface area contributed by atoms with Gasteiger partial charge in [-0.15, -0.1) is 0 Å². The van der Waals surface area contributed by atoms with E-state index in [1.807, 2.05) is 6.08 Å². The summed E-state index contributed by atoms with van der Waals surface area (Å²) in [7, 11) is 0. The smallest absolute Gasteiger partial charge is 0.305 e. The molecule has 3 heteroatoms. The maximum atomic E-state index is 10.3. The first-order valence-corrected chi connectivity index (χ1v) is 2.77. The van der Waals surface area contributed by atoms with Gasteiger partial charge >= 0.3 is 5.97 Å². The number of rotatable bonds is 1. The zero-order chi connectivity index (χ0) is 6.69. The molecule has 0 aromatic carbocycles. The molecule has 3 nitrogen and oxygen atoms in total. The lowest BCUT2D eigenvalue weighted by molar-refractivity contribution is -0.163. The van der Waals surface area contributed by atoms with E-state index >= 15 is 0 Å². The lowest BCUT2D eigenvalue weighted by Crippen LogP contribution is -2.13. The maximum absolute atomic E-state index is 10.3. The third-order valence-electron chi connectivity index (χ3n) is 0.953. The van der Waals surface area contributed by atoms with Crippen LogP contribution in [0.4, 0.5) is 0 Å². The van der Waals surface area contributed by atoms with Crippen molar-refractivity contribution < 1.29 is 14.3 Å². The molecule has 0 amide bonds. The molecule has 0 aromatic rings. The Morgan fingerprint density at radius 3 is 3.11 bits per heavy atom. The Kier molecular flexibility index (Phi) is 1.72. The van der Waals surface area contributed by atoms with Gasteiger partial charge in [0.2, 0.25) is 6.29 Å². The van der Waals surface area contributed by atoms with E-state index in [1.165, 1.54) is 13.2 Å². The van der Waals surface area contributed by atoms with E-state index in [-0.39, 0.29) is 12.3 Å². The zero-order valence-corrected chi connectivity index (χ0v) is 5.16. The number of carbonyl (C=O) groups is 1. The van der Waals surface area contributed by atoms with Crippen molar-refractivity contribution in [1.82, 2.24) is 0 Å². The highest BCUT2D eigenvalue weighted by molar-refractivity contribution is 5.66. The summed E-state index contributed by atoms with van der Waals surface area (Å²) in [6.45, 7) is 1.36. The molecule has 1 aliphatic rings. The number of hydrogen-bond donors (Lipinski definition) is 0. The van der Waals surface area contributed by atoms with Gasteiger partial charge in [-0.1, -0.05) is 0 Å². The van der Waals surface area contributed by atoms with Crippen LogP contribution in [0.25, 0.3) is 0 Å². The van der Waals surface area contributed by atoms with E-state index in [0.29, 0.717) is 6.42 Å². The number of hydrogen-bond acceptors (Lipinski definition) is 3. The number of esters is 1. The standard InChI is InChI=1S/C6H8O3/c1-5(7)9-6-3-2-4-8-6/h2,4,6H,3H2,1H3. The van der Waals surface area contributed by atoms with Crippen LogP contribution in [0.3, 0.4) is 0 Å². The van der Waals surface area contributed by atoms with Crippen molar-refractivity contribution in [2.24, 2.45) is 0 Å². The van der Waals surface area contributed by atoms with Crippen LogP contribution in [-0.2, 0) is 14.3 Å². The molecule has 0 spiro atoms. The van der Waals surface area contributed by atoms with E-state index in [9.17, 15) is 4.79 Å². The molecule has 50 valence electrons. The second-order valence-corrected chi connectivity index (χ2v) is 1.78. The first-order valence-electron chi connectivity index (χ1n) is 2.77. The van der Waals surface area contributed by atoms with E-state index < -0.39 is 0 Å². The molecular weight excluding hydrogens is 120 g/mol. The van der Waals surface area contributed by atoms with Gasteiger partial charge in [0.25, 0.3) is 0 Å². The summed E-state index contributed by atoms with van der Waals surface area (Å²) in [5.74, 6) is -0.302. The maximum Gasteiger partial charge on any atom is 0.305 e. The highest BCUT2D eigenvalue weighted by Gasteiger charge is 2.12. The van der Waals surface area contributed by atoms with Gasteiger partial charge in [-0.2, -0.15) is 0 Å². The fourth-order valence-electron chi connectivity index (χ4n) is 0.626. The molecule has 0 saturated heterocycles. The van der Waals surface area contributed by atoms with E-state index in [2.05, 4.69) is 4.74 Å². The number of ether oxygens (including phenoxy) is 2. The second kappa shape index (κ2) is 2.53. The molecule has 0 aromatic heterocycles. The minimum Gasteiger partial charge on any atom is -0.462 e. The molecule has 9 heavy (non-hydrogen) atoms. The first-order chi connectivity index (χ1) is 4.29. The van der Waals surface area contributed by atoms with Crippen molar-refractivity contribution >= 4 is 5.97 Å². The third-order valence-corrected chi connectivity index (χ3v) is 0.953. The molecule has 1 atom stereocenters. The van der Waals surface area contributed by atoms with Crippen molar-refractivity contribution in [3.05, 3.63) is 12.3 Å². The van der Waals surface area contributed by atoms with Gasteiger partial charge in [-0.3, -0.25) is 4.79 Å². The van der Waals surface area contributed by atoms with Gasteiger partial charge in [0.15, 0.2) is 0 Å². The lowest BCUT2D eigenvalue weighted by Gasteiger charge is -2.08. The normalized spacial score (nSPS) is 23.4. The molecule has 0 saturated carbocycles. The Labute approximate surface area is 53.3 Å². The van der Waals surface area contributed by atoms with Crippen LogP contribution in [0.2, 0.25) is 0 Å². The predicted molar refractivity (Wildman–Crippen MR) is 30.4 cm³/mol. The summed E-state index contributed by atoms with van der Waals surface area (Å²) >= 11 is 0. The van der Waals surface area contributed by atoms with Gasteiger partial charge in [-0.05, 0) is 6.08 Å². The van der Waals surface area contributed by atoms with E-state index in [4.69, 9.17) is 4.74 Å². The Hall–Kier alpha value is -0.990. The monoisotopic (exact) mass is 128 g/mol. The molecule has 1 heterocycles. The first kappa shape index (κ1) is 6.13. The lowest BCUT2D eigenvalue weighted by atomic mass is 10.4. The van der Waals surface area contributed by atoms with Gasteiger partial charge in [-0.25, -0.2) is 0 Å². The second-order valence-electron chi connectivity index (χ2n) is 1.78. The number of carbonyl (C=O) groups excluding carboxylic acids is 1. The quantitative estimate of drug-likeness (QED) is 0.490. The SMILES string of the molecule is CC(=O)OC1CC=CO1. The fourth-order valence-corrected chi connectivity index (χ4v) is 0.626. The molecule has 0 bridgehead atoms. The zero-order valence-electron chi connectivity index (χ0n) is 5.16. The van der Waals surface area contributed by atoms with Crippen molar-refractivity contribution in [2.75, 3.05) is 0 Å². The summed E-state index contributed by atoms with van der Waals surface area (Å²) in [6.07, 6.45) is 3.64. The summed E-state index contributed by atoms with van der Waals surface area (Å²) < 4.78 is 9.53. The van der Waals surface area contributed by atoms with Crippen LogP contribution in [0.1, 0.15) is 13.3 Å². The van der Waals surface area contributed by atoms with E-state index in [1.54, 1.807) is 0 Å². The Morgan fingerprint density at radius 1 is 1.89 bits per heavy atom. The highest BCUT2D eigenvalue weighted by atomic mass is 16.7. The Balaban J connectivity index is 2.22. The molecule has 0 fully saturated rings. The summed E-state index contributed by atoms with van der Waals surface area (Å²) in [5, 5.41) is 0. The van der Waals surface area contributed by atoms with Gasteiger partial charge in [0.05, 0.1) is 6.26 Å². The molecule has 1 rings (SSSR count). The van der Waals surface area contributed by atoms with Crippen molar-refractivity contribution in [3.63, 3.8) is 0 Å². The topological polar surface area (TPSA) is 35.5 Å². The molecule has 0 radical (unpaired) electrons. The van der Waals surface area contributed by atoms with Crippen molar-refractivity contribution in [3.8, 4) is 0 Å². The van der Waals surface area contributed by atoms with Gasteiger partial charge in [0, 0.05) is 13.3 Å². The predicted octanol–water partition coefficient (Wildman–Crippen LogP) is 0.810. The van der Waals surface area contributed by atoms with Crippen molar-refractivity contribution in [1.29, 1.82) is 0 Å². The molecular formula is C6H8O3. The van der Waals surface area contributed by atoms with Crippen molar-refractivity contribution in [2.45, 2.75) is 19.6 Å². The van der Waals surface area contributed by atoms with Crippen LogP contribution >= 0.6 is 0 Å². The fraction of sp³-hybridized carbons (Fsp3) is 0.500. The van der Waals surface area contributed by atoms with Crippen LogP contribution in [0.15, 0.2) is 12.3 Å². The highest BCUT2D eigenvalue weighted by Crippen LogP contribution is 2.09. The summed E-state index contributed by atoms with van der Waals surface area (Å²) in [5.41, 5.74) is 0. The summed E-state index contributed by atoms with van der Waals surface area (Å²) in [4.78, 5) is 10.3. The van der Waals surface area contributed by atoms with Crippen LogP contribution in [-0.4, -0.2) is 12.3 Å². The summed E-state index contributed by atoms with van der Waals surface area (Å²) in [6, 6.07) is 0. The van der Waals surface area contributed by atoms with Crippen LogP contribution in [0, 0.1) is 0 Å². The minimum absolute atomic E-state index is 0.302. The average molecular weight is 128 g/mol. The minimum atomic E-state index is -0.373. The van der Waals surface area contributed by atoms with Crippen LogP contribution < -0.4 is 0 Å². The molecule has 0 aliphatic carbocycles. The largest absolute Gasteiger partial charge is 0.462 e. The molecule has 1 aliphatic heterocycles. The van der Waals surface area contributed by atoms with Gasteiger partial charge < -0.3 is 9.47 Å². The van der Waals surface area contributed by atoms with Crippen LogP contribution in [0.5, 0.6) is 0 Å². The van der Waals surface area contributed by atoms with Gasteiger partial charge in [0.1, 0.15) is 0 Å². The Morgan fingerprint density at radius 2 is 2.67 bits per heavy atom. The molecule has 1 unspecified atom stereocenters.